The van der Waals surface area contributed by atoms with Crippen LogP contribution in [0.25, 0.3) is 0 Å². The lowest BCUT2D eigenvalue weighted by molar-refractivity contribution is 0.314. The molecule has 1 aliphatic carbocycles. The standard InChI is InChI=1S/C17H22N4O2S2/c22-25(23,15-8-3-9-18-11-15)21-10-4-7-14(12-21)17-20-19-16(24-17)13-5-1-2-6-13/h3,8-9,11,13-14H,1-2,4-7,10,12H2. The van der Waals surface area contributed by atoms with Crippen LogP contribution in [0, 0.1) is 0 Å². The van der Waals surface area contributed by atoms with Gasteiger partial charge in [-0.1, -0.05) is 12.8 Å². The van der Waals surface area contributed by atoms with Crippen LogP contribution in [-0.2, 0) is 10.0 Å². The number of hydrogen-bond acceptors (Lipinski definition) is 6. The second kappa shape index (κ2) is 7.09. The molecule has 1 atom stereocenters. The van der Waals surface area contributed by atoms with Crippen LogP contribution in [0.5, 0.6) is 0 Å². The predicted molar refractivity (Wildman–Crippen MR) is 96.1 cm³/mol. The van der Waals surface area contributed by atoms with Gasteiger partial charge in [-0.15, -0.1) is 21.5 Å². The minimum atomic E-state index is -3.48. The van der Waals surface area contributed by atoms with E-state index in [1.807, 2.05) is 0 Å². The van der Waals surface area contributed by atoms with E-state index in [0.717, 1.165) is 22.9 Å². The second-order valence-electron chi connectivity index (χ2n) is 6.85. The molecule has 2 aliphatic rings. The molecule has 0 radical (unpaired) electrons. The van der Waals surface area contributed by atoms with Gasteiger partial charge >= 0.3 is 0 Å². The van der Waals surface area contributed by atoms with Gasteiger partial charge in [0, 0.05) is 37.3 Å². The van der Waals surface area contributed by atoms with Crippen LogP contribution in [0.1, 0.15) is 60.4 Å². The minimum Gasteiger partial charge on any atom is -0.263 e. The Morgan fingerprint density at radius 1 is 1.04 bits per heavy atom. The lowest BCUT2D eigenvalue weighted by Crippen LogP contribution is -2.39. The van der Waals surface area contributed by atoms with Crippen molar-refractivity contribution in [2.45, 2.75) is 55.3 Å². The first kappa shape index (κ1) is 17.1. The number of hydrogen-bond donors (Lipinski definition) is 0. The molecule has 4 rings (SSSR count). The van der Waals surface area contributed by atoms with Crippen LogP contribution in [0.4, 0.5) is 0 Å². The maximum Gasteiger partial charge on any atom is 0.244 e. The van der Waals surface area contributed by atoms with Gasteiger partial charge in [0.25, 0.3) is 0 Å². The number of nitrogens with zero attached hydrogens (tertiary/aromatic N) is 4. The van der Waals surface area contributed by atoms with Crippen molar-refractivity contribution in [3.63, 3.8) is 0 Å². The topological polar surface area (TPSA) is 76.1 Å². The molecule has 0 amide bonds. The van der Waals surface area contributed by atoms with Crippen molar-refractivity contribution in [1.29, 1.82) is 0 Å². The molecule has 25 heavy (non-hydrogen) atoms. The third-order valence-electron chi connectivity index (χ3n) is 5.17. The fraction of sp³-hybridized carbons (Fsp3) is 0.588. The molecule has 8 heteroatoms. The van der Waals surface area contributed by atoms with Crippen molar-refractivity contribution in [1.82, 2.24) is 19.5 Å². The molecular weight excluding hydrogens is 356 g/mol. The van der Waals surface area contributed by atoms with E-state index in [9.17, 15) is 8.42 Å². The van der Waals surface area contributed by atoms with Crippen molar-refractivity contribution < 1.29 is 8.42 Å². The van der Waals surface area contributed by atoms with E-state index in [1.54, 1.807) is 34.0 Å². The first-order valence-electron chi connectivity index (χ1n) is 8.88. The molecule has 2 fully saturated rings. The summed E-state index contributed by atoms with van der Waals surface area (Å²) < 4.78 is 27.2. The molecule has 6 nitrogen and oxygen atoms in total. The fourth-order valence-corrected chi connectivity index (χ4v) is 6.39. The molecule has 134 valence electrons. The van der Waals surface area contributed by atoms with Gasteiger partial charge in [-0.3, -0.25) is 4.98 Å². The molecular formula is C17H22N4O2S2. The molecule has 3 heterocycles. The zero-order valence-electron chi connectivity index (χ0n) is 14.0. The Morgan fingerprint density at radius 2 is 1.76 bits per heavy atom. The fourth-order valence-electron chi connectivity index (χ4n) is 3.76. The van der Waals surface area contributed by atoms with Crippen LogP contribution in [0.2, 0.25) is 0 Å². The number of piperidine rings is 1. The van der Waals surface area contributed by atoms with Gasteiger partial charge in [0.15, 0.2) is 0 Å². The molecule has 0 N–H and O–H groups in total. The van der Waals surface area contributed by atoms with Gasteiger partial charge < -0.3 is 0 Å². The number of pyridine rings is 1. The summed E-state index contributed by atoms with van der Waals surface area (Å²) in [6.45, 7) is 1.04. The third-order valence-corrected chi connectivity index (χ3v) is 8.26. The Kier molecular flexibility index (Phi) is 4.84. The van der Waals surface area contributed by atoms with Crippen LogP contribution in [0.3, 0.4) is 0 Å². The zero-order valence-corrected chi connectivity index (χ0v) is 15.7. The summed E-state index contributed by atoms with van der Waals surface area (Å²) >= 11 is 1.69. The summed E-state index contributed by atoms with van der Waals surface area (Å²) in [7, 11) is -3.48. The minimum absolute atomic E-state index is 0.146. The monoisotopic (exact) mass is 378 g/mol. The Bertz CT molecular complexity index is 816. The van der Waals surface area contributed by atoms with Crippen LogP contribution in [0.15, 0.2) is 29.4 Å². The summed E-state index contributed by atoms with van der Waals surface area (Å²) in [6.07, 6.45) is 9.80. The summed E-state index contributed by atoms with van der Waals surface area (Å²) in [5.74, 6) is 0.706. The molecule has 0 aromatic carbocycles. The first-order chi connectivity index (χ1) is 12.1. The van der Waals surface area contributed by atoms with Crippen molar-refractivity contribution in [2.24, 2.45) is 0 Å². The maximum atomic E-state index is 12.8. The lowest BCUT2D eigenvalue weighted by atomic mass is 10.0. The highest BCUT2D eigenvalue weighted by molar-refractivity contribution is 7.89. The van der Waals surface area contributed by atoms with E-state index < -0.39 is 10.0 Å². The van der Waals surface area contributed by atoms with Gasteiger partial charge in [0.05, 0.1) is 0 Å². The molecule has 1 saturated carbocycles. The number of rotatable bonds is 4. The lowest BCUT2D eigenvalue weighted by Gasteiger charge is -2.30. The third kappa shape index (κ3) is 3.47. The van der Waals surface area contributed by atoms with Crippen molar-refractivity contribution >= 4 is 21.4 Å². The van der Waals surface area contributed by atoms with E-state index in [2.05, 4.69) is 15.2 Å². The predicted octanol–water partition coefficient (Wildman–Crippen LogP) is 3.16. The zero-order chi connectivity index (χ0) is 17.3. The molecule has 2 aromatic heterocycles. The maximum absolute atomic E-state index is 12.8. The van der Waals surface area contributed by atoms with Crippen LogP contribution >= 0.6 is 11.3 Å². The molecule has 0 bridgehead atoms. The largest absolute Gasteiger partial charge is 0.263 e. The Labute approximate surface area is 152 Å². The van der Waals surface area contributed by atoms with Gasteiger partial charge in [-0.05, 0) is 37.8 Å². The van der Waals surface area contributed by atoms with E-state index in [-0.39, 0.29) is 10.8 Å². The van der Waals surface area contributed by atoms with Gasteiger partial charge in [-0.2, -0.15) is 4.31 Å². The number of aromatic nitrogens is 3. The van der Waals surface area contributed by atoms with Crippen molar-refractivity contribution in [3.8, 4) is 0 Å². The van der Waals surface area contributed by atoms with Gasteiger partial charge in [-0.25, -0.2) is 8.42 Å². The normalized spacial score (nSPS) is 23.1. The summed E-state index contributed by atoms with van der Waals surface area (Å²) in [4.78, 5) is 4.21. The molecule has 0 spiro atoms. The number of sulfonamides is 1. The highest BCUT2D eigenvalue weighted by Crippen LogP contribution is 2.38. The Morgan fingerprint density at radius 3 is 2.48 bits per heavy atom. The Balaban J connectivity index is 1.51. The molecule has 1 unspecified atom stereocenters. The van der Waals surface area contributed by atoms with E-state index in [4.69, 9.17) is 0 Å². The van der Waals surface area contributed by atoms with Gasteiger partial charge in [0.2, 0.25) is 10.0 Å². The van der Waals surface area contributed by atoms with E-state index in [0.29, 0.717) is 19.0 Å². The van der Waals surface area contributed by atoms with Gasteiger partial charge in [0.1, 0.15) is 14.9 Å². The summed E-state index contributed by atoms with van der Waals surface area (Å²) in [5.41, 5.74) is 0. The van der Waals surface area contributed by atoms with E-state index in [1.165, 1.54) is 31.9 Å². The quantitative estimate of drug-likeness (QED) is 0.817. The smallest absolute Gasteiger partial charge is 0.244 e. The van der Waals surface area contributed by atoms with Crippen LogP contribution in [-0.4, -0.2) is 41.0 Å². The molecule has 2 aromatic rings. The van der Waals surface area contributed by atoms with Crippen molar-refractivity contribution in [3.05, 3.63) is 34.5 Å². The average Bonchev–Trinajstić information content (AvgIpc) is 3.34. The highest BCUT2D eigenvalue weighted by atomic mass is 32.2. The highest BCUT2D eigenvalue weighted by Gasteiger charge is 2.33. The average molecular weight is 379 g/mol. The second-order valence-corrected chi connectivity index (χ2v) is 9.83. The SMILES string of the molecule is O=S(=O)(c1cccnc1)N1CCCC(c2nnc(C3CCCC3)s2)C1. The van der Waals surface area contributed by atoms with E-state index >= 15 is 0 Å². The molecule has 1 saturated heterocycles. The first-order valence-corrected chi connectivity index (χ1v) is 11.1. The van der Waals surface area contributed by atoms with Crippen molar-refractivity contribution in [2.75, 3.05) is 13.1 Å². The Hall–Kier alpha value is -1.38. The summed E-state index contributed by atoms with van der Waals surface area (Å²) in [5, 5.41) is 10.9. The van der Waals surface area contributed by atoms with Crippen LogP contribution < -0.4 is 0 Å². The molecule has 1 aliphatic heterocycles. The summed E-state index contributed by atoms with van der Waals surface area (Å²) in [6, 6.07) is 3.27.